The van der Waals surface area contributed by atoms with Gasteiger partial charge in [0.2, 0.25) is 5.91 Å². The maximum Gasteiger partial charge on any atom is 0.332 e. The van der Waals surface area contributed by atoms with Gasteiger partial charge in [0, 0.05) is 25.6 Å². The Morgan fingerprint density at radius 2 is 1.90 bits per heavy atom. The van der Waals surface area contributed by atoms with E-state index in [4.69, 9.17) is 10.5 Å². The van der Waals surface area contributed by atoms with Crippen molar-refractivity contribution in [2.24, 2.45) is 11.7 Å². The molecule has 0 bridgehead atoms. The number of carbonyl (C=O) groups excluding carboxylic acids is 3. The number of carbonyl (C=O) groups is 3. The SMILES string of the molecule is CCNC(=O)C1CCN(C(=O)C(N)C(=O)OCC)CC1. The molecule has 1 rings (SSSR count). The highest BCUT2D eigenvalue weighted by Gasteiger charge is 2.32. The molecule has 0 aliphatic carbocycles. The number of hydrogen-bond donors (Lipinski definition) is 2. The van der Waals surface area contributed by atoms with Crippen LogP contribution in [0.25, 0.3) is 0 Å². The van der Waals surface area contributed by atoms with Gasteiger partial charge in [-0.25, -0.2) is 4.79 Å². The molecule has 0 spiro atoms. The molecule has 0 radical (unpaired) electrons. The number of rotatable bonds is 5. The second-order valence-corrected chi connectivity index (χ2v) is 4.72. The summed E-state index contributed by atoms with van der Waals surface area (Å²) in [6.07, 6.45) is 1.18. The lowest BCUT2D eigenvalue weighted by Gasteiger charge is -2.32. The third-order valence-corrected chi connectivity index (χ3v) is 3.34. The Hall–Kier alpha value is -1.63. The topological polar surface area (TPSA) is 102 Å². The quantitative estimate of drug-likeness (QED) is 0.511. The average Bonchev–Trinajstić information content (AvgIpc) is 2.46. The molecule has 0 aromatic rings. The zero-order valence-electron chi connectivity index (χ0n) is 12.1. The molecule has 1 unspecified atom stereocenters. The first-order chi connectivity index (χ1) is 9.51. The minimum atomic E-state index is -1.27. The second-order valence-electron chi connectivity index (χ2n) is 4.72. The van der Waals surface area contributed by atoms with Crippen molar-refractivity contribution in [3.05, 3.63) is 0 Å². The van der Waals surface area contributed by atoms with Crippen molar-refractivity contribution in [3.8, 4) is 0 Å². The Morgan fingerprint density at radius 1 is 1.30 bits per heavy atom. The fraction of sp³-hybridized carbons (Fsp3) is 0.769. The van der Waals surface area contributed by atoms with Crippen molar-refractivity contribution in [1.29, 1.82) is 0 Å². The fourth-order valence-corrected chi connectivity index (χ4v) is 2.21. The molecule has 1 heterocycles. The molecule has 0 aromatic heterocycles. The Kier molecular flexibility index (Phi) is 6.44. The summed E-state index contributed by atoms with van der Waals surface area (Å²) in [4.78, 5) is 36.7. The van der Waals surface area contributed by atoms with E-state index in [-0.39, 0.29) is 18.4 Å². The molecular formula is C13H23N3O4. The number of nitrogens with zero attached hydrogens (tertiary/aromatic N) is 1. The van der Waals surface area contributed by atoms with E-state index in [1.807, 2.05) is 6.92 Å². The first-order valence-corrected chi connectivity index (χ1v) is 6.99. The normalized spacial score (nSPS) is 17.4. The summed E-state index contributed by atoms with van der Waals surface area (Å²) in [6.45, 7) is 5.20. The first kappa shape index (κ1) is 16.4. The summed E-state index contributed by atoms with van der Waals surface area (Å²) in [5.41, 5.74) is 5.57. The summed E-state index contributed by atoms with van der Waals surface area (Å²) in [6, 6.07) is -1.27. The lowest BCUT2D eigenvalue weighted by atomic mass is 9.95. The van der Waals surface area contributed by atoms with Gasteiger partial charge in [-0.1, -0.05) is 0 Å². The minimum Gasteiger partial charge on any atom is -0.464 e. The number of nitrogens with one attached hydrogen (secondary N) is 1. The van der Waals surface area contributed by atoms with Gasteiger partial charge in [0.05, 0.1) is 6.61 Å². The Bertz CT molecular complexity index is 365. The van der Waals surface area contributed by atoms with Crippen LogP contribution in [0.3, 0.4) is 0 Å². The molecule has 0 aromatic carbocycles. The predicted molar refractivity (Wildman–Crippen MR) is 72.6 cm³/mol. The van der Waals surface area contributed by atoms with E-state index in [1.54, 1.807) is 6.92 Å². The largest absolute Gasteiger partial charge is 0.464 e. The van der Waals surface area contributed by atoms with Crippen LogP contribution in [0.5, 0.6) is 0 Å². The third kappa shape index (κ3) is 4.19. The minimum absolute atomic E-state index is 0.0225. The van der Waals surface area contributed by atoms with Crippen LogP contribution in [0, 0.1) is 5.92 Å². The summed E-state index contributed by atoms with van der Waals surface area (Å²) in [5.74, 6) is -1.19. The summed E-state index contributed by atoms with van der Waals surface area (Å²) >= 11 is 0. The van der Waals surface area contributed by atoms with Gasteiger partial charge in [0.1, 0.15) is 0 Å². The van der Waals surface area contributed by atoms with E-state index in [2.05, 4.69) is 5.32 Å². The van der Waals surface area contributed by atoms with Crippen molar-refractivity contribution in [2.45, 2.75) is 32.7 Å². The van der Waals surface area contributed by atoms with E-state index in [9.17, 15) is 14.4 Å². The van der Waals surface area contributed by atoms with Gasteiger partial charge in [-0.3, -0.25) is 9.59 Å². The van der Waals surface area contributed by atoms with E-state index < -0.39 is 17.9 Å². The maximum absolute atomic E-state index is 12.0. The van der Waals surface area contributed by atoms with Crippen molar-refractivity contribution >= 4 is 17.8 Å². The molecule has 1 aliphatic rings. The molecular weight excluding hydrogens is 262 g/mol. The number of ether oxygens (including phenoxy) is 1. The Labute approximate surface area is 118 Å². The van der Waals surface area contributed by atoms with Gasteiger partial charge < -0.3 is 20.7 Å². The van der Waals surface area contributed by atoms with Crippen LogP contribution in [0.2, 0.25) is 0 Å². The summed E-state index contributed by atoms with van der Waals surface area (Å²) < 4.78 is 4.73. The van der Waals surface area contributed by atoms with Crippen molar-refractivity contribution in [1.82, 2.24) is 10.2 Å². The Balaban J connectivity index is 2.46. The van der Waals surface area contributed by atoms with Gasteiger partial charge >= 0.3 is 5.97 Å². The highest BCUT2D eigenvalue weighted by Crippen LogP contribution is 2.17. The third-order valence-electron chi connectivity index (χ3n) is 3.34. The van der Waals surface area contributed by atoms with Crippen LogP contribution in [0.4, 0.5) is 0 Å². The van der Waals surface area contributed by atoms with Crippen molar-refractivity contribution in [3.63, 3.8) is 0 Å². The molecule has 1 aliphatic heterocycles. The lowest BCUT2D eigenvalue weighted by Crippen LogP contribution is -2.52. The molecule has 2 amide bonds. The number of hydrogen-bond acceptors (Lipinski definition) is 5. The molecule has 7 heteroatoms. The smallest absolute Gasteiger partial charge is 0.332 e. The number of likely N-dealkylation sites (tertiary alicyclic amines) is 1. The van der Waals surface area contributed by atoms with E-state index >= 15 is 0 Å². The number of amides is 2. The van der Waals surface area contributed by atoms with Crippen LogP contribution < -0.4 is 11.1 Å². The van der Waals surface area contributed by atoms with Crippen molar-refractivity contribution in [2.75, 3.05) is 26.2 Å². The van der Waals surface area contributed by atoms with Crippen LogP contribution in [-0.4, -0.2) is 55.0 Å². The number of nitrogens with two attached hydrogens (primary N) is 1. The van der Waals surface area contributed by atoms with Crippen molar-refractivity contribution < 1.29 is 19.1 Å². The molecule has 3 N–H and O–H groups in total. The lowest BCUT2D eigenvalue weighted by molar-refractivity contribution is -0.151. The van der Waals surface area contributed by atoms with Gasteiger partial charge in [-0.2, -0.15) is 0 Å². The van der Waals surface area contributed by atoms with E-state index in [0.29, 0.717) is 32.5 Å². The molecule has 20 heavy (non-hydrogen) atoms. The number of esters is 1. The first-order valence-electron chi connectivity index (χ1n) is 6.99. The molecule has 1 atom stereocenters. The molecule has 1 saturated heterocycles. The van der Waals surface area contributed by atoms with E-state index in [0.717, 1.165) is 0 Å². The molecule has 7 nitrogen and oxygen atoms in total. The number of piperidine rings is 1. The fourth-order valence-electron chi connectivity index (χ4n) is 2.21. The zero-order chi connectivity index (χ0) is 15.1. The van der Waals surface area contributed by atoms with E-state index in [1.165, 1.54) is 4.90 Å². The highest BCUT2D eigenvalue weighted by atomic mass is 16.5. The standard InChI is InChI=1S/C13H23N3O4/c1-3-15-11(17)9-5-7-16(8-6-9)12(18)10(14)13(19)20-4-2/h9-10H,3-8,14H2,1-2H3,(H,15,17). The molecule has 114 valence electrons. The highest BCUT2D eigenvalue weighted by molar-refractivity contribution is 6.01. The Morgan fingerprint density at radius 3 is 2.40 bits per heavy atom. The van der Waals surface area contributed by atoms with Gasteiger partial charge in [0.15, 0.2) is 6.04 Å². The molecule has 1 fully saturated rings. The van der Waals surface area contributed by atoms with Gasteiger partial charge in [-0.05, 0) is 26.7 Å². The van der Waals surface area contributed by atoms with Gasteiger partial charge in [0.25, 0.3) is 5.91 Å². The second kappa shape index (κ2) is 7.84. The maximum atomic E-state index is 12.0. The van der Waals surface area contributed by atoms with Crippen LogP contribution in [0.1, 0.15) is 26.7 Å². The van der Waals surface area contributed by atoms with Crippen LogP contribution in [-0.2, 0) is 19.1 Å². The average molecular weight is 285 g/mol. The zero-order valence-corrected chi connectivity index (χ0v) is 12.1. The summed E-state index contributed by atoms with van der Waals surface area (Å²) in [5, 5.41) is 2.78. The monoisotopic (exact) mass is 285 g/mol. The van der Waals surface area contributed by atoms with Gasteiger partial charge in [-0.15, -0.1) is 0 Å². The summed E-state index contributed by atoms with van der Waals surface area (Å²) in [7, 11) is 0. The van der Waals surface area contributed by atoms with Crippen LogP contribution >= 0.6 is 0 Å². The molecule has 0 saturated carbocycles. The van der Waals surface area contributed by atoms with Crippen LogP contribution in [0.15, 0.2) is 0 Å². The predicted octanol–water partition coefficient (Wildman–Crippen LogP) is -0.748.